The molecule has 2 heterocycles. The molecule has 0 saturated heterocycles. The molecule has 3 aromatic rings. The molecule has 0 spiro atoms. The van der Waals surface area contributed by atoms with E-state index in [2.05, 4.69) is 37.0 Å². The normalized spacial score (nSPS) is 13.8. The first-order valence-corrected chi connectivity index (χ1v) is 9.77. The highest BCUT2D eigenvalue weighted by Crippen LogP contribution is 2.35. The Labute approximate surface area is 178 Å². The van der Waals surface area contributed by atoms with Gasteiger partial charge < -0.3 is 16.0 Å². The maximum Gasteiger partial charge on any atom is 0.254 e. The van der Waals surface area contributed by atoms with Crippen molar-refractivity contribution < 1.29 is 9.18 Å². The number of benzene rings is 1. The minimum Gasteiger partial charge on any atom is -0.353 e. The van der Waals surface area contributed by atoms with Gasteiger partial charge in [0, 0.05) is 31.5 Å². The van der Waals surface area contributed by atoms with Crippen molar-refractivity contribution in [2.75, 3.05) is 11.9 Å². The minimum atomic E-state index is -0.456. The molecule has 9 heteroatoms. The van der Waals surface area contributed by atoms with Crippen molar-refractivity contribution in [3.8, 4) is 6.07 Å². The highest BCUT2D eigenvalue weighted by molar-refractivity contribution is 5.94. The zero-order valence-corrected chi connectivity index (χ0v) is 16.6. The number of carbonyl (C=O) groups excluding carboxylic acids is 1. The highest BCUT2D eigenvalue weighted by atomic mass is 19.1. The third-order valence-electron chi connectivity index (χ3n) is 5.05. The van der Waals surface area contributed by atoms with Crippen molar-refractivity contribution in [2.24, 2.45) is 0 Å². The van der Waals surface area contributed by atoms with Crippen LogP contribution < -0.4 is 16.0 Å². The molecule has 0 unspecified atom stereocenters. The second kappa shape index (κ2) is 8.85. The number of carbonyl (C=O) groups is 1. The van der Waals surface area contributed by atoms with Gasteiger partial charge in [0.2, 0.25) is 0 Å². The molecule has 3 N–H and O–H groups in total. The van der Waals surface area contributed by atoms with E-state index in [0.717, 1.165) is 12.8 Å². The first-order chi connectivity index (χ1) is 15.1. The lowest BCUT2D eigenvalue weighted by molar-refractivity contribution is 0.0930. The smallest absolute Gasteiger partial charge is 0.254 e. The van der Waals surface area contributed by atoms with Crippen molar-refractivity contribution in [3.05, 3.63) is 77.9 Å². The van der Waals surface area contributed by atoms with Crippen molar-refractivity contribution >= 4 is 17.3 Å². The lowest BCUT2D eigenvalue weighted by Crippen LogP contribution is -2.44. The number of hydrogen-bond donors (Lipinski definition) is 3. The summed E-state index contributed by atoms with van der Waals surface area (Å²) >= 11 is 0. The Balaban J connectivity index is 1.32. The van der Waals surface area contributed by atoms with E-state index < -0.39 is 5.82 Å². The molecule has 1 aromatic carbocycles. The second-order valence-corrected chi connectivity index (χ2v) is 7.40. The molecule has 0 radical (unpaired) electrons. The summed E-state index contributed by atoms with van der Waals surface area (Å²) in [6.07, 6.45) is 7.52. The summed E-state index contributed by atoms with van der Waals surface area (Å²) in [6.45, 7) is 0.732. The van der Waals surface area contributed by atoms with Crippen LogP contribution in [-0.4, -0.2) is 32.9 Å². The van der Waals surface area contributed by atoms with Gasteiger partial charge in [-0.2, -0.15) is 5.26 Å². The second-order valence-electron chi connectivity index (χ2n) is 7.40. The summed E-state index contributed by atoms with van der Waals surface area (Å²) in [5, 5.41) is 18.4. The van der Waals surface area contributed by atoms with Crippen LogP contribution in [0.5, 0.6) is 0 Å². The zero-order chi connectivity index (χ0) is 21.7. The van der Waals surface area contributed by atoms with Crippen LogP contribution in [0.1, 0.15) is 34.5 Å². The maximum absolute atomic E-state index is 14.5. The molecular weight excluding hydrogens is 397 g/mol. The summed E-state index contributed by atoms with van der Waals surface area (Å²) in [7, 11) is 0. The molecule has 1 saturated carbocycles. The number of aromatic nitrogens is 3. The fourth-order valence-corrected chi connectivity index (χ4v) is 3.16. The van der Waals surface area contributed by atoms with E-state index in [4.69, 9.17) is 5.26 Å². The largest absolute Gasteiger partial charge is 0.353 e. The van der Waals surface area contributed by atoms with E-state index in [9.17, 15) is 9.18 Å². The number of para-hydroxylation sites is 1. The van der Waals surface area contributed by atoms with Crippen LogP contribution in [0.2, 0.25) is 0 Å². The molecular formula is C22H20FN7O. The first-order valence-electron chi connectivity index (χ1n) is 9.77. The molecule has 31 heavy (non-hydrogen) atoms. The van der Waals surface area contributed by atoms with Crippen LogP contribution in [0.15, 0.2) is 55.2 Å². The molecule has 1 aliphatic carbocycles. The summed E-state index contributed by atoms with van der Waals surface area (Å²) < 4.78 is 14.5. The third-order valence-corrected chi connectivity index (χ3v) is 5.05. The molecule has 0 bridgehead atoms. The lowest BCUT2D eigenvalue weighted by Gasteiger charge is -2.18. The fourth-order valence-electron chi connectivity index (χ4n) is 3.16. The lowest BCUT2D eigenvalue weighted by atomic mass is 10.2. The Hall–Kier alpha value is -3.90. The number of nitriles is 1. The highest BCUT2D eigenvalue weighted by Gasteiger charge is 2.43. The van der Waals surface area contributed by atoms with Gasteiger partial charge in [0.05, 0.1) is 39.9 Å². The van der Waals surface area contributed by atoms with Gasteiger partial charge in [0.25, 0.3) is 5.91 Å². The molecule has 8 nitrogen and oxygen atoms in total. The SMILES string of the molecule is N#Cc1ccccc1Nc1cnc(CNCC2(NC(=O)c3cncnc3)CC2)c(F)c1. The maximum atomic E-state index is 14.5. The summed E-state index contributed by atoms with van der Waals surface area (Å²) in [5.41, 5.74) is 1.85. The Kier molecular flexibility index (Phi) is 5.82. The average Bonchev–Trinajstić information content (AvgIpc) is 3.55. The molecule has 156 valence electrons. The number of amides is 1. The minimum absolute atomic E-state index is 0.225. The van der Waals surface area contributed by atoms with Gasteiger partial charge in [-0.05, 0) is 25.0 Å². The number of hydrogen-bond acceptors (Lipinski definition) is 7. The number of pyridine rings is 1. The van der Waals surface area contributed by atoms with Gasteiger partial charge in [-0.1, -0.05) is 12.1 Å². The Morgan fingerprint density at radius 3 is 2.68 bits per heavy atom. The van der Waals surface area contributed by atoms with E-state index in [1.807, 2.05) is 0 Å². The predicted molar refractivity (Wildman–Crippen MR) is 112 cm³/mol. The van der Waals surface area contributed by atoms with Gasteiger partial charge in [0.1, 0.15) is 18.2 Å². The molecule has 1 amide bonds. The van der Waals surface area contributed by atoms with Crippen LogP contribution in [0.3, 0.4) is 0 Å². The van der Waals surface area contributed by atoms with Gasteiger partial charge in [-0.25, -0.2) is 14.4 Å². The zero-order valence-electron chi connectivity index (χ0n) is 16.6. The Morgan fingerprint density at radius 2 is 1.97 bits per heavy atom. The van der Waals surface area contributed by atoms with E-state index >= 15 is 0 Å². The van der Waals surface area contributed by atoms with Crippen LogP contribution in [0.4, 0.5) is 15.8 Å². The van der Waals surface area contributed by atoms with Gasteiger partial charge in [-0.15, -0.1) is 0 Å². The molecule has 0 atom stereocenters. The number of anilines is 2. The topological polar surface area (TPSA) is 116 Å². The van der Waals surface area contributed by atoms with E-state index in [1.54, 1.807) is 24.3 Å². The summed E-state index contributed by atoms with van der Waals surface area (Å²) in [4.78, 5) is 24.2. The quantitative estimate of drug-likeness (QED) is 0.516. The summed E-state index contributed by atoms with van der Waals surface area (Å²) in [5.74, 6) is -0.681. The van der Waals surface area contributed by atoms with Gasteiger partial charge in [-0.3, -0.25) is 9.78 Å². The van der Waals surface area contributed by atoms with E-state index in [-0.39, 0.29) is 23.7 Å². The number of rotatable bonds is 8. The predicted octanol–water partition coefficient (Wildman–Crippen LogP) is 2.68. The Morgan fingerprint density at radius 1 is 1.19 bits per heavy atom. The average molecular weight is 417 g/mol. The van der Waals surface area contributed by atoms with Gasteiger partial charge >= 0.3 is 0 Å². The monoisotopic (exact) mass is 417 g/mol. The molecule has 0 aliphatic heterocycles. The molecule has 1 fully saturated rings. The fraction of sp³-hybridized carbons (Fsp3) is 0.227. The van der Waals surface area contributed by atoms with E-state index in [1.165, 1.54) is 31.0 Å². The standard InChI is InChI=1S/C22H20FN7O/c23-18-7-17(29-19-4-2-1-3-15(19)8-24)11-28-20(18)12-25-13-22(5-6-22)30-21(31)16-9-26-14-27-10-16/h1-4,7,9-11,14,25,29H,5-6,12-13H2,(H,30,31). The van der Waals surface area contributed by atoms with Gasteiger partial charge in [0.15, 0.2) is 0 Å². The van der Waals surface area contributed by atoms with E-state index in [0.29, 0.717) is 29.0 Å². The van der Waals surface area contributed by atoms with Crippen LogP contribution >= 0.6 is 0 Å². The molecule has 4 rings (SSSR count). The third kappa shape index (κ3) is 4.99. The Bertz CT molecular complexity index is 1130. The number of nitrogens with one attached hydrogen (secondary N) is 3. The summed E-state index contributed by atoms with van der Waals surface area (Å²) in [6, 6.07) is 10.4. The van der Waals surface area contributed by atoms with Crippen LogP contribution in [-0.2, 0) is 6.54 Å². The van der Waals surface area contributed by atoms with Crippen molar-refractivity contribution in [3.63, 3.8) is 0 Å². The molecule has 1 aliphatic rings. The van der Waals surface area contributed by atoms with Crippen LogP contribution in [0.25, 0.3) is 0 Å². The van der Waals surface area contributed by atoms with Crippen molar-refractivity contribution in [1.82, 2.24) is 25.6 Å². The van der Waals surface area contributed by atoms with Crippen molar-refractivity contribution in [2.45, 2.75) is 24.9 Å². The number of halogens is 1. The number of nitrogens with zero attached hydrogens (tertiary/aromatic N) is 4. The molecule has 2 aromatic heterocycles. The first kappa shape index (κ1) is 20.4. The van der Waals surface area contributed by atoms with Crippen molar-refractivity contribution in [1.29, 1.82) is 5.26 Å². The van der Waals surface area contributed by atoms with Crippen LogP contribution in [0, 0.1) is 17.1 Å².